The van der Waals surface area contributed by atoms with Crippen LogP contribution < -0.4 is 0 Å². The SMILES string of the molecule is Cc1cc(C)c(N=Cc2ccc(C=Nc3ccccn3)[nH]2)c(C)c1. The Balaban J connectivity index is 1.76. The highest BCUT2D eigenvalue weighted by atomic mass is 14.9. The summed E-state index contributed by atoms with van der Waals surface area (Å²) in [4.78, 5) is 16.4. The molecule has 4 heteroatoms. The summed E-state index contributed by atoms with van der Waals surface area (Å²) in [6.07, 6.45) is 5.34. The second-order valence-corrected chi connectivity index (χ2v) is 5.82. The Bertz CT molecular complexity index is 866. The predicted octanol–water partition coefficient (Wildman–Crippen LogP) is 4.84. The van der Waals surface area contributed by atoms with Gasteiger partial charge in [0.2, 0.25) is 0 Å². The maximum absolute atomic E-state index is 4.64. The Morgan fingerprint density at radius 3 is 2.17 bits per heavy atom. The molecule has 3 aromatic rings. The summed E-state index contributed by atoms with van der Waals surface area (Å²) in [5.41, 5.74) is 6.52. The van der Waals surface area contributed by atoms with Gasteiger partial charge in [0.25, 0.3) is 0 Å². The van der Waals surface area contributed by atoms with E-state index in [4.69, 9.17) is 0 Å². The number of pyridine rings is 1. The maximum Gasteiger partial charge on any atom is 0.151 e. The van der Waals surface area contributed by atoms with Gasteiger partial charge in [-0.3, -0.25) is 4.99 Å². The van der Waals surface area contributed by atoms with E-state index >= 15 is 0 Å². The van der Waals surface area contributed by atoms with Crippen molar-refractivity contribution in [2.75, 3.05) is 0 Å². The van der Waals surface area contributed by atoms with Gasteiger partial charge in [-0.1, -0.05) is 23.8 Å². The van der Waals surface area contributed by atoms with Gasteiger partial charge in [0.05, 0.1) is 29.5 Å². The molecule has 0 amide bonds. The molecule has 0 saturated heterocycles. The molecule has 0 radical (unpaired) electrons. The van der Waals surface area contributed by atoms with Crippen molar-refractivity contribution >= 4 is 23.9 Å². The van der Waals surface area contributed by atoms with Gasteiger partial charge in [-0.25, -0.2) is 9.98 Å². The molecule has 24 heavy (non-hydrogen) atoms. The number of benzene rings is 1. The number of nitrogens with zero attached hydrogens (tertiary/aromatic N) is 3. The number of hydrogen-bond acceptors (Lipinski definition) is 3. The van der Waals surface area contributed by atoms with Crippen LogP contribution in [0.2, 0.25) is 0 Å². The first-order chi connectivity index (χ1) is 11.6. The lowest BCUT2D eigenvalue weighted by molar-refractivity contribution is 1.27. The number of aliphatic imine (C=N–C) groups is 2. The minimum absolute atomic E-state index is 0.688. The normalized spacial score (nSPS) is 11.6. The number of nitrogens with one attached hydrogen (secondary N) is 1. The first-order valence-corrected chi connectivity index (χ1v) is 7.88. The Kier molecular flexibility index (Phi) is 4.66. The molecule has 0 aliphatic heterocycles. The van der Waals surface area contributed by atoms with E-state index < -0.39 is 0 Å². The van der Waals surface area contributed by atoms with Gasteiger partial charge in [0.15, 0.2) is 5.82 Å². The Morgan fingerprint density at radius 2 is 1.54 bits per heavy atom. The summed E-state index contributed by atoms with van der Waals surface area (Å²) < 4.78 is 0. The van der Waals surface area contributed by atoms with Crippen LogP contribution in [0.15, 0.2) is 58.6 Å². The van der Waals surface area contributed by atoms with Crippen molar-refractivity contribution in [3.05, 3.63) is 76.7 Å². The van der Waals surface area contributed by atoms with E-state index in [0.717, 1.165) is 17.1 Å². The van der Waals surface area contributed by atoms with E-state index in [2.05, 4.69) is 52.9 Å². The Morgan fingerprint density at radius 1 is 0.875 bits per heavy atom. The minimum atomic E-state index is 0.688. The molecule has 4 nitrogen and oxygen atoms in total. The van der Waals surface area contributed by atoms with Crippen molar-refractivity contribution in [1.29, 1.82) is 0 Å². The molecule has 3 rings (SSSR count). The third-order valence-corrected chi connectivity index (χ3v) is 3.68. The van der Waals surface area contributed by atoms with Gasteiger partial charge in [-0.2, -0.15) is 0 Å². The molecule has 0 bridgehead atoms. The van der Waals surface area contributed by atoms with Crippen LogP contribution in [0.4, 0.5) is 11.5 Å². The third-order valence-electron chi connectivity index (χ3n) is 3.68. The number of hydrogen-bond donors (Lipinski definition) is 1. The van der Waals surface area contributed by atoms with E-state index in [1.807, 2.05) is 36.5 Å². The van der Waals surface area contributed by atoms with E-state index in [1.165, 1.54) is 16.7 Å². The smallest absolute Gasteiger partial charge is 0.151 e. The van der Waals surface area contributed by atoms with Crippen LogP contribution >= 0.6 is 0 Å². The third kappa shape index (κ3) is 3.84. The average molecular weight is 316 g/mol. The fourth-order valence-corrected chi connectivity index (χ4v) is 2.66. The zero-order valence-electron chi connectivity index (χ0n) is 14.1. The van der Waals surface area contributed by atoms with Crippen LogP contribution in [0.3, 0.4) is 0 Å². The fourth-order valence-electron chi connectivity index (χ4n) is 2.66. The molecule has 1 N–H and O–H groups in total. The first kappa shape index (κ1) is 15.9. The Labute approximate surface area is 142 Å². The van der Waals surface area contributed by atoms with Gasteiger partial charge in [0.1, 0.15) is 0 Å². The summed E-state index contributed by atoms with van der Waals surface area (Å²) in [7, 11) is 0. The van der Waals surface area contributed by atoms with Crippen LogP contribution in [0, 0.1) is 20.8 Å². The van der Waals surface area contributed by atoms with Crippen LogP contribution in [0.1, 0.15) is 28.1 Å². The number of H-pyrrole nitrogens is 1. The van der Waals surface area contributed by atoms with Crippen LogP contribution in [-0.4, -0.2) is 22.4 Å². The summed E-state index contributed by atoms with van der Waals surface area (Å²) in [5, 5.41) is 0. The minimum Gasteiger partial charge on any atom is -0.353 e. The molecule has 2 heterocycles. The molecule has 0 aliphatic carbocycles. The molecule has 0 spiro atoms. The number of rotatable bonds is 4. The van der Waals surface area contributed by atoms with Gasteiger partial charge in [-0.05, 0) is 56.2 Å². The van der Waals surface area contributed by atoms with Crippen molar-refractivity contribution < 1.29 is 0 Å². The monoisotopic (exact) mass is 316 g/mol. The van der Waals surface area contributed by atoms with Crippen LogP contribution in [0.25, 0.3) is 0 Å². The molecular weight excluding hydrogens is 296 g/mol. The van der Waals surface area contributed by atoms with E-state index in [0.29, 0.717) is 5.82 Å². The highest BCUT2D eigenvalue weighted by Gasteiger charge is 2.02. The molecule has 0 unspecified atom stereocenters. The van der Waals surface area contributed by atoms with Crippen molar-refractivity contribution in [2.45, 2.75) is 20.8 Å². The fraction of sp³-hybridized carbons (Fsp3) is 0.150. The van der Waals surface area contributed by atoms with Crippen molar-refractivity contribution in [3.63, 3.8) is 0 Å². The molecular formula is C20H20N4. The maximum atomic E-state index is 4.64. The van der Waals surface area contributed by atoms with Gasteiger partial charge < -0.3 is 4.98 Å². The number of aryl methyl sites for hydroxylation is 3. The average Bonchev–Trinajstić information content (AvgIpc) is 3.01. The quantitative estimate of drug-likeness (QED) is 0.688. The molecule has 0 atom stereocenters. The number of aromatic nitrogens is 2. The number of aromatic amines is 1. The largest absolute Gasteiger partial charge is 0.353 e. The summed E-state index contributed by atoms with van der Waals surface area (Å²) in [6, 6.07) is 13.9. The van der Waals surface area contributed by atoms with Crippen molar-refractivity contribution in [2.24, 2.45) is 9.98 Å². The molecule has 120 valence electrons. The van der Waals surface area contributed by atoms with Gasteiger partial charge in [0, 0.05) is 6.20 Å². The van der Waals surface area contributed by atoms with Gasteiger partial charge >= 0.3 is 0 Å². The summed E-state index contributed by atoms with van der Waals surface area (Å²) >= 11 is 0. The Hall–Kier alpha value is -3.01. The highest BCUT2D eigenvalue weighted by Crippen LogP contribution is 2.24. The van der Waals surface area contributed by atoms with E-state index in [-0.39, 0.29) is 0 Å². The van der Waals surface area contributed by atoms with Crippen molar-refractivity contribution in [3.8, 4) is 0 Å². The second-order valence-electron chi connectivity index (χ2n) is 5.82. The van der Waals surface area contributed by atoms with Gasteiger partial charge in [-0.15, -0.1) is 0 Å². The zero-order chi connectivity index (χ0) is 16.9. The molecule has 0 saturated carbocycles. The first-order valence-electron chi connectivity index (χ1n) is 7.88. The topological polar surface area (TPSA) is 53.4 Å². The molecule has 0 fully saturated rings. The molecule has 2 aromatic heterocycles. The second kappa shape index (κ2) is 7.04. The van der Waals surface area contributed by atoms with Crippen LogP contribution in [0.5, 0.6) is 0 Å². The summed E-state index contributed by atoms with van der Waals surface area (Å²) in [6.45, 7) is 6.28. The predicted molar refractivity (Wildman–Crippen MR) is 100 cm³/mol. The molecule has 0 aliphatic rings. The lowest BCUT2D eigenvalue weighted by atomic mass is 10.1. The van der Waals surface area contributed by atoms with Crippen LogP contribution in [-0.2, 0) is 0 Å². The van der Waals surface area contributed by atoms with E-state index in [1.54, 1.807) is 12.4 Å². The summed E-state index contributed by atoms with van der Waals surface area (Å²) in [5.74, 6) is 0.688. The van der Waals surface area contributed by atoms with Crippen molar-refractivity contribution in [1.82, 2.24) is 9.97 Å². The standard InChI is InChI=1S/C20H20N4/c1-14-10-15(2)20(16(3)11-14)23-13-18-8-7-17(24-18)12-22-19-6-4-5-9-21-19/h4-13,24H,1-3H3. The zero-order valence-corrected chi connectivity index (χ0v) is 14.1. The lowest BCUT2D eigenvalue weighted by Gasteiger charge is -2.05. The highest BCUT2D eigenvalue weighted by molar-refractivity contribution is 5.85. The molecule has 1 aromatic carbocycles. The van der Waals surface area contributed by atoms with E-state index in [9.17, 15) is 0 Å². The lowest BCUT2D eigenvalue weighted by Crippen LogP contribution is -1.87.